The summed E-state index contributed by atoms with van der Waals surface area (Å²) in [6, 6.07) is 14.0. The van der Waals surface area contributed by atoms with Gasteiger partial charge in [0.25, 0.3) is 5.56 Å². The first-order chi connectivity index (χ1) is 12.2. The Labute approximate surface area is 148 Å². The Hall–Kier alpha value is -2.93. The summed E-state index contributed by atoms with van der Waals surface area (Å²) in [5.41, 5.74) is 0.988. The van der Waals surface area contributed by atoms with E-state index in [1.165, 1.54) is 22.1 Å². The molecule has 0 bridgehead atoms. The average molecular weight is 355 g/mol. The molecular formula is C18H17N3O3S. The van der Waals surface area contributed by atoms with Gasteiger partial charge in [0.15, 0.2) is 0 Å². The molecule has 1 aromatic carbocycles. The summed E-state index contributed by atoms with van der Waals surface area (Å²) < 4.78 is 6.52. The lowest BCUT2D eigenvalue weighted by Gasteiger charge is -2.08. The van der Waals surface area contributed by atoms with Gasteiger partial charge in [-0.05, 0) is 48.7 Å². The van der Waals surface area contributed by atoms with E-state index in [1.54, 1.807) is 30.3 Å². The van der Waals surface area contributed by atoms with Crippen LogP contribution < -0.4 is 15.6 Å². The van der Waals surface area contributed by atoms with Crippen molar-refractivity contribution in [2.75, 3.05) is 11.9 Å². The fourth-order valence-corrected chi connectivity index (χ4v) is 2.95. The highest BCUT2D eigenvalue weighted by Gasteiger charge is 2.09. The van der Waals surface area contributed by atoms with Crippen molar-refractivity contribution in [2.24, 2.45) is 0 Å². The molecule has 3 rings (SSSR count). The molecule has 7 heteroatoms. The minimum absolute atomic E-state index is 0.148. The van der Waals surface area contributed by atoms with Crippen LogP contribution >= 0.6 is 11.3 Å². The summed E-state index contributed by atoms with van der Waals surface area (Å²) in [4.78, 5) is 25.1. The highest BCUT2D eigenvalue weighted by atomic mass is 32.1. The maximum atomic E-state index is 12.2. The molecule has 6 nitrogen and oxygen atoms in total. The second-order valence-corrected chi connectivity index (χ2v) is 6.15. The van der Waals surface area contributed by atoms with Gasteiger partial charge in [-0.1, -0.05) is 6.07 Å². The number of carbonyl (C=O) groups excluding carboxylic acids is 1. The van der Waals surface area contributed by atoms with Crippen LogP contribution in [-0.2, 0) is 11.3 Å². The van der Waals surface area contributed by atoms with Gasteiger partial charge in [0.2, 0.25) is 5.91 Å². The van der Waals surface area contributed by atoms with Crippen LogP contribution in [0.5, 0.6) is 5.75 Å². The first kappa shape index (κ1) is 16.9. The van der Waals surface area contributed by atoms with Gasteiger partial charge in [0.05, 0.1) is 11.5 Å². The van der Waals surface area contributed by atoms with Crippen molar-refractivity contribution in [3.8, 4) is 16.3 Å². The molecule has 0 spiro atoms. The van der Waals surface area contributed by atoms with Gasteiger partial charge in [-0.25, -0.2) is 4.68 Å². The Balaban J connectivity index is 1.70. The predicted molar refractivity (Wildman–Crippen MR) is 98.1 cm³/mol. The number of amides is 1. The highest BCUT2D eigenvalue weighted by Crippen LogP contribution is 2.21. The second kappa shape index (κ2) is 7.76. The number of carbonyl (C=O) groups is 1. The van der Waals surface area contributed by atoms with Crippen LogP contribution in [0.25, 0.3) is 10.6 Å². The van der Waals surface area contributed by atoms with Crippen LogP contribution in [0.3, 0.4) is 0 Å². The lowest BCUT2D eigenvalue weighted by Crippen LogP contribution is -2.29. The molecular weight excluding hydrogens is 338 g/mol. The van der Waals surface area contributed by atoms with Gasteiger partial charge in [0.1, 0.15) is 18.0 Å². The lowest BCUT2D eigenvalue weighted by molar-refractivity contribution is -0.117. The zero-order valence-corrected chi connectivity index (χ0v) is 14.5. The van der Waals surface area contributed by atoms with Crippen molar-refractivity contribution in [3.05, 3.63) is 64.3 Å². The maximum absolute atomic E-state index is 12.2. The fraction of sp³-hybridized carbons (Fsp3) is 0.167. The molecule has 25 heavy (non-hydrogen) atoms. The molecule has 0 saturated carbocycles. The number of nitrogens with one attached hydrogen (secondary N) is 1. The molecule has 2 heterocycles. The molecule has 0 atom stereocenters. The number of thiophene rings is 1. The zero-order valence-electron chi connectivity index (χ0n) is 13.6. The molecule has 3 aromatic rings. The van der Waals surface area contributed by atoms with Gasteiger partial charge in [0, 0.05) is 11.8 Å². The van der Waals surface area contributed by atoms with Crippen molar-refractivity contribution < 1.29 is 9.53 Å². The summed E-state index contributed by atoms with van der Waals surface area (Å²) in [5, 5.41) is 8.95. The lowest BCUT2D eigenvalue weighted by atomic mass is 10.3. The monoisotopic (exact) mass is 355 g/mol. The average Bonchev–Trinajstić information content (AvgIpc) is 3.13. The van der Waals surface area contributed by atoms with E-state index >= 15 is 0 Å². The molecule has 2 aromatic heterocycles. The molecule has 1 N–H and O–H groups in total. The molecule has 0 aliphatic carbocycles. The molecule has 0 fully saturated rings. The smallest absolute Gasteiger partial charge is 0.267 e. The molecule has 0 unspecified atom stereocenters. The Morgan fingerprint density at radius 1 is 1.20 bits per heavy atom. The summed E-state index contributed by atoms with van der Waals surface area (Å²) in [6.45, 7) is 2.34. The highest BCUT2D eigenvalue weighted by molar-refractivity contribution is 7.13. The molecule has 0 saturated heterocycles. The summed E-state index contributed by atoms with van der Waals surface area (Å²) in [5.74, 6) is 0.420. The SMILES string of the molecule is CCOc1ccc(NC(=O)Cn2nc(-c3cccs3)ccc2=O)cc1. The second-order valence-electron chi connectivity index (χ2n) is 5.20. The fourth-order valence-electron chi connectivity index (χ4n) is 2.26. The Kier molecular flexibility index (Phi) is 5.25. The summed E-state index contributed by atoms with van der Waals surface area (Å²) in [6.07, 6.45) is 0. The zero-order chi connectivity index (χ0) is 17.6. The normalized spacial score (nSPS) is 10.4. The Bertz CT molecular complexity index is 902. The van der Waals surface area contributed by atoms with Crippen molar-refractivity contribution in [1.82, 2.24) is 9.78 Å². The van der Waals surface area contributed by atoms with Gasteiger partial charge >= 0.3 is 0 Å². The van der Waals surface area contributed by atoms with Crippen LogP contribution in [-0.4, -0.2) is 22.3 Å². The summed E-state index contributed by atoms with van der Waals surface area (Å²) in [7, 11) is 0. The third-order valence-corrected chi connectivity index (χ3v) is 4.28. The van der Waals surface area contributed by atoms with Crippen molar-refractivity contribution in [2.45, 2.75) is 13.5 Å². The van der Waals surface area contributed by atoms with Gasteiger partial charge in [-0.2, -0.15) is 5.10 Å². The third kappa shape index (κ3) is 4.33. The molecule has 0 radical (unpaired) electrons. The van der Waals surface area contributed by atoms with Crippen LogP contribution in [0.2, 0.25) is 0 Å². The van der Waals surface area contributed by atoms with Gasteiger partial charge in [-0.3, -0.25) is 9.59 Å². The number of nitrogens with zero attached hydrogens (tertiary/aromatic N) is 2. The Morgan fingerprint density at radius 3 is 2.68 bits per heavy atom. The van der Waals surface area contributed by atoms with Crippen LogP contribution in [0.4, 0.5) is 5.69 Å². The quantitative estimate of drug-likeness (QED) is 0.738. The number of anilines is 1. The number of rotatable bonds is 6. The number of aromatic nitrogens is 2. The van der Waals surface area contributed by atoms with E-state index in [9.17, 15) is 9.59 Å². The summed E-state index contributed by atoms with van der Waals surface area (Å²) >= 11 is 1.53. The minimum atomic E-state index is -0.318. The molecule has 1 amide bonds. The van der Waals surface area contributed by atoms with E-state index in [4.69, 9.17) is 4.74 Å². The first-order valence-electron chi connectivity index (χ1n) is 7.80. The third-order valence-electron chi connectivity index (χ3n) is 3.38. The first-order valence-corrected chi connectivity index (χ1v) is 8.68. The van der Waals surface area contributed by atoms with Crippen LogP contribution in [0.1, 0.15) is 6.92 Å². The van der Waals surface area contributed by atoms with Crippen LogP contribution in [0, 0.1) is 0 Å². The van der Waals surface area contributed by atoms with E-state index < -0.39 is 0 Å². The van der Waals surface area contributed by atoms with E-state index in [0.29, 0.717) is 18.0 Å². The number of hydrogen-bond acceptors (Lipinski definition) is 5. The standard InChI is InChI=1S/C18H17N3O3S/c1-2-24-14-7-5-13(6-8-14)19-17(22)12-21-18(23)10-9-15(20-21)16-4-3-11-25-16/h3-11H,2,12H2,1H3,(H,19,22). The Morgan fingerprint density at radius 2 is 2.00 bits per heavy atom. The predicted octanol–water partition coefficient (Wildman–Crippen LogP) is 3.01. The number of ether oxygens (including phenoxy) is 1. The van der Waals surface area contributed by atoms with E-state index in [-0.39, 0.29) is 18.0 Å². The molecule has 0 aliphatic rings. The molecule has 0 aliphatic heterocycles. The van der Waals surface area contributed by atoms with Gasteiger partial charge < -0.3 is 10.1 Å². The van der Waals surface area contributed by atoms with E-state index in [2.05, 4.69) is 10.4 Å². The number of benzene rings is 1. The van der Waals surface area contributed by atoms with Gasteiger partial charge in [-0.15, -0.1) is 11.3 Å². The largest absolute Gasteiger partial charge is 0.494 e. The van der Waals surface area contributed by atoms with Crippen molar-refractivity contribution in [1.29, 1.82) is 0 Å². The van der Waals surface area contributed by atoms with E-state index in [0.717, 1.165) is 10.6 Å². The topological polar surface area (TPSA) is 73.2 Å². The maximum Gasteiger partial charge on any atom is 0.267 e. The number of hydrogen-bond donors (Lipinski definition) is 1. The minimum Gasteiger partial charge on any atom is -0.494 e. The molecule has 128 valence electrons. The van der Waals surface area contributed by atoms with Crippen molar-refractivity contribution in [3.63, 3.8) is 0 Å². The van der Waals surface area contributed by atoms with E-state index in [1.807, 2.05) is 24.4 Å². The van der Waals surface area contributed by atoms with Crippen LogP contribution in [0.15, 0.2) is 58.7 Å². The van der Waals surface area contributed by atoms with Crippen molar-refractivity contribution >= 4 is 22.9 Å².